The predicted molar refractivity (Wildman–Crippen MR) is 106 cm³/mol. The second-order valence-electron chi connectivity index (χ2n) is 6.61. The molecule has 1 heterocycles. The van der Waals surface area contributed by atoms with E-state index in [9.17, 15) is 14.4 Å². The molecule has 0 bridgehead atoms. The van der Waals surface area contributed by atoms with Crippen LogP contribution >= 0.6 is 0 Å². The summed E-state index contributed by atoms with van der Waals surface area (Å²) < 4.78 is 5.11. The zero-order chi connectivity index (χ0) is 20.3. The van der Waals surface area contributed by atoms with Crippen LogP contribution in [0, 0.1) is 0 Å². The van der Waals surface area contributed by atoms with E-state index in [1.54, 1.807) is 48.4 Å². The van der Waals surface area contributed by atoms with E-state index in [-0.39, 0.29) is 24.1 Å². The lowest BCUT2D eigenvalue weighted by atomic mass is 9.87. The molecule has 0 spiro atoms. The van der Waals surface area contributed by atoms with Gasteiger partial charge in [-0.25, -0.2) is 0 Å². The molecule has 2 aromatic carbocycles. The van der Waals surface area contributed by atoms with Gasteiger partial charge in [0.05, 0.1) is 13.5 Å². The number of nitrogens with zero attached hydrogens (tertiary/aromatic N) is 1. The van der Waals surface area contributed by atoms with Crippen LogP contribution in [-0.4, -0.2) is 31.4 Å². The summed E-state index contributed by atoms with van der Waals surface area (Å²) in [6.07, 6.45) is -0.203. The Labute approximate surface area is 163 Å². The molecule has 0 saturated heterocycles. The van der Waals surface area contributed by atoms with Gasteiger partial charge in [-0.1, -0.05) is 18.2 Å². The van der Waals surface area contributed by atoms with Crippen LogP contribution in [0.2, 0.25) is 0 Å². The Kier molecular flexibility index (Phi) is 5.35. The van der Waals surface area contributed by atoms with Gasteiger partial charge in [-0.3, -0.25) is 14.4 Å². The number of fused-ring (bicyclic) bond motifs is 1. The number of likely N-dealkylation sites (N-methyl/N-ethyl adjacent to an activating group) is 1. The first-order chi connectivity index (χ1) is 13.4. The Hall–Kier alpha value is -3.35. The third-order valence-electron chi connectivity index (χ3n) is 4.77. The number of rotatable bonds is 6. The fourth-order valence-corrected chi connectivity index (χ4v) is 3.60. The summed E-state index contributed by atoms with van der Waals surface area (Å²) in [5, 5.41) is 5.54. The lowest BCUT2D eigenvalue weighted by Crippen LogP contribution is -2.54. The predicted octanol–water partition coefficient (Wildman–Crippen LogP) is 2.42. The van der Waals surface area contributed by atoms with Crippen LogP contribution < -0.4 is 20.3 Å². The summed E-state index contributed by atoms with van der Waals surface area (Å²) in [6, 6.07) is 14.1. The Morgan fingerprint density at radius 3 is 2.39 bits per heavy atom. The molecular formula is C21H23N3O4. The molecule has 0 aliphatic carbocycles. The maximum absolute atomic E-state index is 13.2. The Morgan fingerprint density at radius 1 is 1.11 bits per heavy atom. The van der Waals surface area contributed by atoms with Crippen LogP contribution in [0.4, 0.5) is 11.4 Å². The molecule has 2 N–H and O–H groups in total. The maximum Gasteiger partial charge on any atom is 0.258 e. The molecule has 1 aliphatic heterocycles. The molecule has 2 aromatic rings. The van der Waals surface area contributed by atoms with Crippen molar-refractivity contribution in [3.63, 3.8) is 0 Å². The van der Waals surface area contributed by atoms with Crippen molar-refractivity contribution in [2.45, 2.75) is 25.8 Å². The van der Waals surface area contributed by atoms with E-state index in [0.29, 0.717) is 29.2 Å². The number of nitrogens with one attached hydrogen (secondary N) is 2. The molecule has 1 unspecified atom stereocenters. The van der Waals surface area contributed by atoms with E-state index >= 15 is 0 Å². The summed E-state index contributed by atoms with van der Waals surface area (Å²) in [7, 11) is 1.56. The van der Waals surface area contributed by atoms with E-state index in [1.807, 2.05) is 19.1 Å². The number of anilines is 2. The van der Waals surface area contributed by atoms with Crippen molar-refractivity contribution in [2.75, 3.05) is 23.9 Å². The van der Waals surface area contributed by atoms with Gasteiger partial charge in [0.2, 0.25) is 11.8 Å². The van der Waals surface area contributed by atoms with Crippen molar-refractivity contribution in [3.8, 4) is 5.75 Å². The van der Waals surface area contributed by atoms with Crippen LogP contribution in [0.25, 0.3) is 0 Å². The number of hydrogen-bond donors (Lipinski definition) is 2. The van der Waals surface area contributed by atoms with E-state index in [4.69, 9.17) is 4.74 Å². The molecule has 0 fully saturated rings. The van der Waals surface area contributed by atoms with Crippen molar-refractivity contribution in [3.05, 3.63) is 54.1 Å². The third kappa shape index (κ3) is 3.43. The highest BCUT2D eigenvalue weighted by molar-refractivity contribution is 6.12. The summed E-state index contributed by atoms with van der Waals surface area (Å²) in [5.74, 6) is -0.388. The lowest BCUT2D eigenvalue weighted by molar-refractivity contribution is -0.133. The lowest BCUT2D eigenvalue weighted by Gasteiger charge is -2.29. The molecule has 7 nitrogen and oxygen atoms in total. The second kappa shape index (κ2) is 7.72. The van der Waals surface area contributed by atoms with Crippen LogP contribution in [0.15, 0.2) is 48.5 Å². The van der Waals surface area contributed by atoms with Gasteiger partial charge < -0.3 is 20.3 Å². The van der Waals surface area contributed by atoms with E-state index in [1.165, 1.54) is 6.92 Å². The Morgan fingerprint density at radius 2 is 1.79 bits per heavy atom. The first-order valence-corrected chi connectivity index (χ1v) is 9.05. The summed E-state index contributed by atoms with van der Waals surface area (Å²) >= 11 is 0. The zero-order valence-electron chi connectivity index (χ0n) is 16.1. The molecule has 3 rings (SSSR count). The van der Waals surface area contributed by atoms with Crippen molar-refractivity contribution in [1.82, 2.24) is 5.32 Å². The molecule has 1 atom stereocenters. The molecule has 1 aliphatic rings. The molecule has 0 aromatic heterocycles. The highest BCUT2D eigenvalue weighted by atomic mass is 16.5. The normalized spacial score (nSPS) is 17.8. The number of carbonyl (C=O) groups excluding carboxylic acids is 3. The monoisotopic (exact) mass is 381 g/mol. The van der Waals surface area contributed by atoms with Crippen LogP contribution in [0.5, 0.6) is 5.75 Å². The summed E-state index contributed by atoms with van der Waals surface area (Å²) in [5.41, 5.74) is 0.493. The second-order valence-corrected chi connectivity index (χ2v) is 6.61. The van der Waals surface area contributed by atoms with Gasteiger partial charge in [-0.15, -0.1) is 0 Å². The van der Waals surface area contributed by atoms with Crippen molar-refractivity contribution in [2.24, 2.45) is 0 Å². The molecule has 3 amide bonds. The number of amides is 3. The number of benzene rings is 2. The molecule has 28 heavy (non-hydrogen) atoms. The third-order valence-corrected chi connectivity index (χ3v) is 4.77. The van der Waals surface area contributed by atoms with Crippen LogP contribution in [-0.2, 0) is 19.9 Å². The van der Waals surface area contributed by atoms with Crippen molar-refractivity contribution in [1.29, 1.82) is 0 Å². The van der Waals surface area contributed by atoms with Gasteiger partial charge in [-0.05, 0) is 37.3 Å². The smallest absolute Gasteiger partial charge is 0.258 e. The first-order valence-electron chi connectivity index (χ1n) is 9.05. The van der Waals surface area contributed by atoms with Crippen molar-refractivity contribution < 1.29 is 19.1 Å². The van der Waals surface area contributed by atoms with E-state index in [2.05, 4.69) is 10.6 Å². The molecular weight excluding hydrogens is 358 g/mol. The number of para-hydroxylation sites is 1. The van der Waals surface area contributed by atoms with Crippen LogP contribution in [0.1, 0.15) is 25.8 Å². The van der Waals surface area contributed by atoms with Gasteiger partial charge in [0.1, 0.15) is 5.75 Å². The highest BCUT2D eigenvalue weighted by Crippen LogP contribution is 2.42. The van der Waals surface area contributed by atoms with Gasteiger partial charge in [0.25, 0.3) is 5.91 Å². The average Bonchev–Trinajstić information content (AvgIpc) is 2.89. The highest BCUT2D eigenvalue weighted by Gasteiger charge is 2.52. The number of methoxy groups -OCH3 is 1. The van der Waals surface area contributed by atoms with Crippen molar-refractivity contribution >= 4 is 29.1 Å². The quantitative estimate of drug-likeness (QED) is 0.804. The fourth-order valence-electron chi connectivity index (χ4n) is 3.60. The maximum atomic E-state index is 13.2. The Bertz CT molecular complexity index is 910. The topological polar surface area (TPSA) is 87.7 Å². The minimum atomic E-state index is -1.42. The Balaban J connectivity index is 1.92. The van der Waals surface area contributed by atoms with Crippen LogP contribution in [0.3, 0.4) is 0 Å². The first kappa shape index (κ1) is 19.4. The molecule has 146 valence electrons. The molecule has 0 saturated carbocycles. The van der Waals surface area contributed by atoms with E-state index in [0.717, 1.165) is 0 Å². The van der Waals surface area contributed by atoms with E-state index < -0.39 is 5.54 Å². The average molecular weight is 381 g/mol. The number of hydrogen-bond acceptors (Lipinski definition) is 4. The molecule has 0 radical (unpaired) electrons. The largest absolute Gasteiger partial charge is 0.497 e. The van der Waals surface area contributed by atoms with Gasteiger partial charge in [0, 0.05) is 30.4 Å². The SMILES string of the molecule is CCN1C(=O)C(CC(=O)Nc2ccc(OC)cc2)(NC(C)=O)c2ccccc21. The summed E-state index contributed by atoms with van der Waals surface area (Å²) in [6.45, 7) is 3.64. The summed E-state index contributed by atoms with van der Waals surface area (Å²) in [4.78, 5) is 39.6. The fraction of sp³-hybridized carbons (Fsp3) is 0.286. The molecule has 7 heteroatoms. The number of ether oxygens (including phenoxy) is 1. The zero-order valence-corrected chi connectivity index (χ0v) is 16.1. The minimum Gasteiger partial charge on any atom is -0.497 e. The standard InChI is InChI=1S/C21H23N3O4/c1-4-24-18-8-6-5-7-17(18)21(20(24)27,23-14(2)25)13-19(26)22-15-9-11-16(28-3)12-10-15/h5-12H,4,13H2,1-3H3,(H,22,26)(H,23,25). The van der Waals surface area contributed by atoms with Gasteiger partial charge in [-0.2, -0.15) is 0 Å². The minimum absolute atomic E-state index is 0.203. The van der Waals surface area contributed by atoms with Gasteiger partial charge in [0.15, 0.2) is 5.54 Å². The van der Waals surface area contributed by atoms with Gasteiger partial charge >= 0.3 is 0 Å². The number of carbonyl (C=O) groups is 3.